The lowest BCUT2D eigenvalue weighted by Crippen LogP contribution is -2.33. The SMILES string of the molecule is O=C(CC1CC1)NCc1cn2c(n1)CN(Cc1cccc(F)c1)CC2.O=C(O)C(F)(F)F. The lowest BCUT2D eigenvalue weighted by Gasteiger charge is -2.27. The van der Waals surface area contributed by atoms with E-state index in [1.807, 2.05) is 12.3 Å². The van der Waals surface area contributed by atoms with Gasteiger partial charge in [-0.1, -0.05) is 12.1 Å². The largest absolute Gasteiger partial charge is 0.490 e. The minimum absolute atomic E-state index is 0.126. The van der Waals surface area contributed by atoms with Crippen LogP contribution in [0.2, 0.25) is 0 Å². The minimum Gasteiger partial charge on any atom is -0.475 e. The molecular weight excluding hydrogens is 432 g/mol. The molecule has 2 aromatic rings. The van der Waals surface area contributed by atoms with E-state index in [1.54, 1.807) is 12.1 Å². The van der Waals surface area contributed by atoms with E-state index in [4.69, 9.17) is 9.90 Å². The first kappa shape index (κ1) is 23.7. The quantitative estimate of drug-likeness (QED) is 0.653. The molecule has 1 aliphatic carbocycles. The molecule has 1 aliphatic heterocycles. The molecule has 1 fully saturated rings. The number of nitrogens with zero attached hydrogens (tertiary/aromatic N) is 3. The van der Waals surface area contributed by atoms with Crippen LogP contribution in [0, 0.1) is 11.7 Å². The van der Waals surface area contributed by atoms with Gasteiger partial charge in [-0.2, -0.15) is 13.2 Å². The number of hydrogen-bond acceptors (Lipinski definition) is 4. The Morgan fingerprint density at radius 2 is 1.94 bits per heavy atom. The number of hydrogen-bond donors (Lipinski definition) is 2. The Balaban J connectivity index is 0.000000360. The van der Waals surface area contributed by atoms with Crippen molar-refractivity contribution in [2.75, 3.05) is 6.54 Å². The van der Waals surface area contributed by atoms with E-state index in [0.29, 0.717) is 18.9 Å². The van der Waals surface area contributed by atoms with Gasteiger partial charge in [0.1, 0.15) is 11.6 Å². The van der Waals surface area contributed by atoms with Gasteiger partial charge < -0.3 is 15.0 Å². The van der Waals surface area contributed by atoms with Crippen molar-refractivity contribution in [1.29, 1.82) is 0 Å². The Labute approximate surface area is 182 Å². The summed E-state index contributed by atoms with van der Waals surface area (Å²) in [6.45, 7) is 3.74. The van der Waals surface area contributed by atoms with Crippen molar-refractivity contribution in [2.24, 2.45) is 5.92 Å². The highest BCUT2D eigenvalue weighted by molar-refractivity contribution is 5.76. The normalized spacial score (nSPS) is 16.0. The van der Waals surface area contributed by atoms with Crippen molar-refractivity contribution < 1.29 is 32.3 Å². The summed E-state index contributed by atoms with van der Waals surface area (Å²) in [6.07, 6.45) is -0.0259. The number of imidazole rings is 1. The fourth-order valence-electron chi connectivity index (χ4n) is 3.32. The molecule has 0 radical (unpaired) electrons. The average Bonchev–Trinajstić information content (AvgIpc) is 3.42. The molecule has 11 heteroatoms. The van der Waals surface area contributed by atoms with Crippen molar-refractivity contribution in [3.05, 3.63) is 53.4 Å². The van der Waals surface area contributed by atoms with Crippen LogP contribution in [0.1, 0.15) is 36.3 Å². The summed E-state index contributed by atoms with van der Waals surface area (Å²) in [6, 6.07) is 6.75. The summed E-state index contributed by atoms with van der Waals surface area (Å²) < 4.78 is 47.2. The first-order valence-corrected chi connectivity index (χ1v) is 10.2. The molecule has 7 nitrogen and oxygen atoms in total. The third-order valence-corrected chi connectivity index (χ3v) is 5.11. The molecule has 1 aromatic carbocycles. The Morgan fingerprint density at radius 3 is 2.56 bits per heavy atom. The van der Waals surface area contributed by atoms with Crippen LogP contribution in [0.3, 0.4) is 0 Å². The zero-order chi connectivity index (χ0) is 23.3. The maximum Gasteiger partial charge on any atom is 0.490 e. The number of halogens is 4. The molecule has 0 saturated heterocycles. The lowest BCUT2D eigenvalue weighted by atomic mass is 10.2. The number of nitrogens with one attached hydrogen (secondary N) is 1. The summed E-state index contributed by atoms with van der Waals surface area (Å²) in [5.41, 5.74) is 1.89. The number of aromatic nitrogens is 2. The second-order valence-electron chi connectivity index (χ2n) is 7.91. The predicted molar refractivity (Wildman–Crippen MR) is 106 cm³/mol. The highest BCUT2D eigenvalue weighted by Gasteiger charge is 2.38. The molecule has 2 aliphatic rings. The summed E-state index contributed by atoms with van der Waals surface area (Å²) in [4.78, 5) is 27.6. The number of carboxylic acids is 1. The number of aliphatic carboxylic acids is 1. The fraction of sp³-hybridized carbons (Fsp3) is 0.476. The van der Waals surface area contributed by atoms with Gasteiger partial charge in [-0.3, -0.25) is 9.69 Å². The summed E-state index contributed by atoms with van der Waals surface area (Å²) in [5.74, 6) is -1.21. The number of amides is 1. The topological polar surface area (TPSA) is 87.5 Å². The van der Waals surface area contributed by atoms with Crippen LogP contribution in [0.15, 0.2) is 30.5 Å². The van der Waals surface area contributed by atoms with Crippen molar-refractivity contribution in [1.82, 2.24) is 19.8 Å². The van der Waals surface area contributed by atoms with E-state index in [-0.39, 0.29) is 11.7 Å². The van der Waals surface area contributed by atoms with Gasteiger partial charge in [-0.15, -0.1) is 0 Å². The third-order valence-electron chi connectivity index (χ3n) is 5.11. The predicted octanol–water partition coefficient (Wildman–Crippen LogP) is 3.09. The number of benzene rings is 1. The Morgan fingerprint density at radius 1 is 1.22 bits per heavy atom. The van der Waals surface area contributed by atoms with E-state index in [0.717, 1.165) is 43.3 Å². The van der Waals surface area contributed by atoms with Crippen molar-refractivity contribution in [3.8, 4) is 0 Å². The van der Waals surface area contributed by atoms with Crippen molar-refractivity contribution >= 4 is 11.9 Å². The Bertz CT molecular complexity index is 957. The number of carboxylic acid groups (broad SMARTS) is 1. The fourth-order valence-corrected chi connectivity index (χ4v) is 3.32. The van der Waals surface area contributed by atoms with Gasteiger partial charge in [0.2, 0.25) is 5.91 Å². The Hall–Kier alpha value is -2.95. The van der Waals surface area contributed by atoms with Gasteiger partial charge in [0.25, 0.3) is 0 Å². The van der Waals surface area contributed by atoms with E-state index < -0.39 is 12.1 Å². The number of rotatable bonds is 6. The highest BCUT2D eigenvalue weighted by atomic mass is 19.4. The van der Waals surface area contributed by atoms with E-state index in [9.17, 15) is 22.4 Å². The van der Waals surface area contributed by atoms with Crippen molar-refractivity contribution in [3.63, 3.8) is 0 Å². The monoisotopic (exact) mass is 456 g/mol. The summed E-state index contributed by atoms with van der Waals surface area (Å²) in [7, 11) is 0. The minimum atomic E-state index is -5.08. The molecule has 0 spiro atoms. The van der Waals surface area contributed by atoms with Crippen LogP contribution in [0.25, 0.3) is 0 Å². The van der Waals surface area contributed by atoms with Crippen LogP contribution in [-0.4, -0.2) is 44.2 Å². The van der Waals surface area contributed by atoms with E-state index in [1.165, 1.54) is 18.9 Å². The van der Waals surface area contributed by atoms with Gasteiger partial charge in [0.05, 0.1) is 18.8 Å². The molecule has 0 atom stereocenters. The average molecular weight is 456 g/mol. The zero-order valence-corrected chi connectivity index (χ0v) is 17.2. The highest BCUT2D eigenvalue weighted by Crippen LogP contribution is 2.32. The molecule has 1 aromatic heterocycles. The van der Waals surface area contributed by atoms with Gasteiger partial charge in [0.15, 0.2) is 0 Å². The first-order chi connectivity index (χ1) is 15.1. The molecule has 0 bridgehead atoms. The molecule has 2 heterocycles. The van der Waals surface area contributed by atoms with E-state index in [2.05, 4.69) is 19.8 Å². The van der Waals surface area contributed by atoms with Gasteiger partial charge >= 0.3 is 12.1 Å². The van der Waals surface area contributed by atoms with Crippen LogP contribution < -0.4 is 5.32 Å². The second kappa shape index (κ2) is 10.1. The number of carbonyl (C=O) groups is 2. The van der Waals surface area contributed by atoms with E-state index >= 15 is 0 Å². The van der Waals surface area contributed by atoms with Crippen LogP contribution in [-0.2, 0) is 35.8 Å². The number of alkyl halides is 3. The summed E-state index contributed by atoms with van der Waals surface area (Å²) >= 11 is 0. The van der Waals surface area contributed by atoms with Crippen molar-refractivity contribution in [2.45, 2.75) is 51.6 Å². The third kappa shape index (κ3) is 7.33. The molecule has 2 N–H and O–H groups in total. The van der Waals surface area contributed by atoms with Gasteiger partial charge in [-0.25, -0.2) is 14.2 Å². The zero-order valence-electron chi connectivity index (χ0n) is 17.2. The molecule has 1 saturated carbocycles. The Kier molecular flexibility index (Phi) is 7.49. The molecular formula is C21H24F4N4O3. The molecule has 32 heavy (non-hydrogen) atoms. The van der Waals surface area contributed by atoms with Crippen LogP contribution in [0.5, 0.6) is 0 Å². The van der Waals surface area contributed by atoms with Crippen LogP contribution >= 0.6 is 0 Å². The second-order valence-corrected chi connectivity index (χ2v) is 7.91. The molecule has 0 unspecified atom stereocenters. The summed E-state index contributed by atoms with van der Waals surface area (Å²) in [5, 5.41) is 10.1. The molecule has 1 amide bonds. The van der Waals surface area contributed by atoms with Crippen LogP contribution in [0.4, 0.5) is 17.6 Å². The standard InChI is InChI=1S/C19H23FN4O.C2HF3O2/c20-16-3-1-2-15(8-16)11-23-6-7-24-12-17(22-18(24)13-23)10-21-19(25)9-14-4-5-14;3-2(4,5)1(6)7/h1-3,8,12,14H,4-7,9-11,13H2,(H,21,25);(H,6,7). The van der Waals surface area contributed by atoms with Gasteiger partial charge in [0, 0.05) is 32.3 Å². The van der Waals surface area contributed by atoms with Gasteiger partial charge in [-0.05, 0) is 36.5 Å². The first-order valence-electron chi connectivity index (χ1n) is 10.2. The number of carbonyl (C=O) groups excluding carboxylic acids is 1. The number of fused-ring (bicyclic) bond motifs is 1. The maximum atomic E-state index is 13.3. The smallest absolute Gasteiger partial charge is 0.475 e. The molecule has 174 valence electrons. The maximum absolute atomic E-state index is 13.3. The molecule has 4 rings (SSSR count). The lowest BCUT2D eigenvalue weighted by molar-refractivity contribution is -0.192.